The van der Waals surface area contributed by atoms with E-state index in [1.807, 2.05) is 35.3 Å². The molecule has 1 aliphatic rings. The van der Waals surface area contributed by atoms with E-state index in [1.165, 1.54) is 16.3 Å². The topological polar surface area (TPSA) is 63.5 Å². The van der Waals surface area contributed by atoms with Crippen LogP contribution in [0.3, 0.4) is 0 Å². The summed E-state index contributed by atoms with van der Waals surface area (Å²) in [5.41, 5.74) is 3.46. The minimum atomic E-state index is -0.0688. The molecule has 0 saturated heterocycles. The van der Waals surface area contributed by atoms with E-state index in [0.29, 0.717) is 23.5 Å². The molecule has 0 amide bonds. The molecular formula is C28H26N2O4. The summed E-state index contributed by atoms with van der Waals surface area (Å²) in [7, 11) is 4.78. The second kappa shape index (κ2) is 8.98. The largest absolute Gasteiger partial charge is 0.507 e. The van der Waals surface area contributed by atoms with E-state index >= 15 is 0 Å². The van der Waals surface area contributed by atoms with Gasteiger partial charge in [-0.3, -0.25) is 5.01 Å². The van der Waals surface area contributed by atoms with Crippen molar-refractivity contribution in [3.8, 4) is 23.0 Å². The molecule has 34 heavy (non-hydrogen) atoms. The lowest BCUT2D eigenvalue weighted by Crippen LogP contribution is -2.18. The lowest BCUT2D eigenvalue weighted by molar-refractivity contribution is 0.351. The van der Waals surface area contributed by atoms with Gasteiger partial charge in [-0.2, -0.15) is 5.10 Å². The third-order valence-electron chi connectivity index (χ3n) is 6.22. The van der Waals surface area contributed by atoms with E-state index < -0.39 is 0 Å². The number of phenols is 1. The summed E-state index contributed by atoms with van der Waals surface area (Å²) < 4.78 is 16.3. The van der Waals surface area contributed by atoms with Crippen molar-refractivity contribution < 1.29 is 19.3 Å². The maximum absolute atomic E-state index is 10.8. The van der Waals surface area contributed by atoms with Crippen molar-refractivity contribution >= 4 is 22.2 Å². The van der Waals surface area contributed by atoms with Crippen molar-refractivity contribution in [2.45, 2.75) is 12.5 Å². The standard InChI is InChI=1S/C28H26N2O4/c1-32-20-11-7-10-19(14-20)30-25(22-13-6-9-18-8-4-5-12-21(18)22)16-24(29-30)23-15-27(33-2)28(34-3)17-26(23)31/h4-15,17,25,31H,16H2,1-3H3. The zero-order valence-corrected chi connectivity index (χ0v) is 19.4. The number of phenolic OH excluding ortho intramolecular Hbond substituents is 1. The Labute approximate surface area is 198 Å². The highest BCUT2D eigenvalue weighted by molar-refractivity contribution is 6.06. The zero-order valence-electron chi connectivity index (χ0n) is 19.4. The van der Waals surface area contributed by atoms with E-state index in [4.69, 9.17) is 19.3 Å². The molecule has 1 aliphatic heterocycles. The Kier molecular flexibility index (Phi) is 5.72. The molecule has 5 rings (SSSR count). The summed E-state index contributed by atoms with van der Waals surface area (Å²) in [4.78, 5) is 0. The first-order valence-electron chi connectivity index (χ1n) is 11.1. The Morgan fingerprint density at radius 1 is 0.824 bits per heavy atom. The lowest BCUT2D eigenvalue weighted by Gasteiger charge is -2.25. The highest BCUT2D eigenvalue weighted by atomic mass is 16.5. The highest BCUT2D eigenvalue weighted by Gasteiger charge is 2.32. The molecule has 6 nitrogen and oxygen atoms in total. The molecule has 6 heteroatoms. The van der Waals surface area contributed by atoms with E-state index in [1.54, 1.807) is 33.5 Å². The summed E-state index contributed by atoms with van der Waals surface area (Å²) in [6, 6.07) is 25.8. The van der Waals surface area contributed by atoms with Crippen LogP contribution in [0.1, 0.15) is 23.6 Å². The van der Waals surface area contributed by atoms with Crippen LogP contribution >= 0.6 is 0 Å². The van der Waals surface area contributed by atoms with Gasteiger partial charge in [0.2, 0.25) is 0 Å². The average Bonchev–Trinajstić information content (AvgIpc) is 3.33. The van der Waals surface area contributed by atoms with Gasteiger partial charge in [0.1, 0.15) is 11.5 Å². The van der Waals surface area contributed by atoms with Crippen molar-refractivity contribution in [2.75, 3.05) is 26.3 Å². The number of hydrogen-bond acceptors (Lipinski definition) is 6. The van der Waals surface area contributed by atoms with Gasteiger partial charge in [0.15, 0.2) is 11.5 Å². The molecule has 0 fully saturated rings. The number of nitrogens with zero attached hydrogens (tertiary/aromatic N) is 2. The van der Waals surface area contributed by atoms with Gasteiger partial charge < -0.3 is 19.3 Å². The molecule has 0 saturated carbocycles. The van der Waals surface area contributed by atoms with E-state index in [9.17, 15) is 5.11 Å². The van der Waals surface area contributed by atoms with Crippen LogP contribution in [-0.4, -0.2) is 32.1 Å². The third-order valence-corrected chi connectivity index (χ3v) is 6.22. The van der Waals surface area contributed by atoms with Crippen LogP contribution in [0.2, 0.25) is 0 Å². The first-order valence-corrected chi connectivity index (χ1v) is 11.1. The first kappa shape index (κ1) is 21.6. The predicted molar refractivity (Wildman–Crippen MR) is 135 cm³/mol. The van der Waals surface area contributed by atoms with Crippen molar-refractivity contribution in [2.24, 2.45) is 5.10 Å². The highest BCUT2D eigenvalue weighted by Crippen LogP contribution is 2.43. The molecular weight excluding hydrogens is 428 g/mol. The van der Waals surface area contributed by atoms with Gasteiger partial charge in [-0.25, -0.2) is 0 Å². The maximum atomic E-state index is 10.8. The second-order valence-corrected chi connectivity index (χ2v) is 8.11. The van der Waals surface area contributed by atoms with Crippen LogP contribution in [0.4, 0.5) is 5.69 Å². The summed E-state index contributed by atoms with van der Waals surface area (Å²) >= 11 is 0. The molecule has 0 aliphatic carbocycles. The van der Waals surface area contributed by atoms with E-state index in [0.717, 1.165) is 17.1 Å². The molecule has 1 heterocycles. The monoisotopic (exact) mass is 454 g/mol. The fourth-order valence-electron chi connectivity index (χ4n) is 4.55. The second-order valence-electron chi connectivity index (χ2n) is 8.11. The number of aromatic hydroxyl groups is 1. The smallest absolute Gasteiger partial charge is 0.164 e. The van der Waals surface area contributed by atoms with Gasteiger partial charge in [0, 0.05) is 24.1 Å². The van der Waals surface area contributed by atoms with Gasteiger partial charge in [-0.05, 0) is 34.5 Å². The van der Waals surface area contributed by atoms with Crippen LogP contribution in [0.25, 0.3) is 10.8 Å². The Balaban J connectivity index is 1.66. The molecule has 0 bridgehead atoms. The SMILES string of the molecule is COc1cccc(N2N=C(c3cc(OC)c(OC)cc3O)CC2c2cccc3ccccc23)c1. The maximum Gasteiger partial charge on any atom is 0.164 e. The van der Waals surface area contributed by atoms with Gasteiger partial charge in [-0.15, -0.1) is 0 Å². The number of rotatable bonds is 6. The predicted octanol–water partition coefficient (Wildman–Crippen LogP) is 5.93. The quantitative estimate of drug-likeness (QED) is 0.391. The van der Waals surface area contributed by atoms with Crippen LogP contribution in [0.15, 0.2) is 84.0 Å². The summed E-state index contributed by atoms with van der Waals surface area (Å²) in [5.74, 6) is 1.87. The van der Waals surface area contributed by atoms with Crippen LogP contribution in [0.5, 0.6) is 23.0 Å². The number of anilines is 1. The normalized spacial score (nSPS) is 15.3. The number of hydrogen-bond donors (Lipinski definition) is 1. The summed E-state index contributed by atoms with van der Waals surface area (Å²) in [6.45, 7) is 0. The van der Waals surface area contributed by atoms with Crippen molar-refractivity contribution in [1.82, 2.24) is 0 Å². The molecule has 0 spiro atoms. The van der Waals surface area contributed by atoms with E-state index in [-0.39, 0.29) is 11.8 Å². The van der Waals surface area contributed by atoms with Crippen LogP contribution < -0.4 is 19.2 Å². The Morgan fingerprint density at radius 3 is 2.35 bits per heavy atom. The molecule has 0 radical (unpaired) electrons. The molecule has 1 atom stereocenters. The lowest BCUT2D eigenvalue weighted by atomic mass is 9.93. The number of fused-ring (bicyclic) bond motifs is 1. The molecule has 1 unspecified atom stereocenters. The van der Waals surface area contributed by atoms with Crippen molar-refractivity contribution in [3.63, 3.8) is 0 Å². The summed E-state index contributed by atoms with van der Waals surface area (Å²) in [5, 5.41) is 20.2. The molecule has 4 aromatic rings. The zero-order chi connectivity index (χ0) is 23.7. The van der Waals surface area contributed by atoms with Gasteiger partial charge in [-0.1, -0.05) is 48.5 Å². The number of methoxy groups -OCH3 is 3. The fraction of sp³-hybridized carbons (Fsp3) is 0.179. The minimum Gasteiger partial charge on any atom is -0.507 e. The number of hydrazone groups is 1. The van der Waals surface area contributed by atoms with Crippen LogP contribution in [0, 0.1) is 0 Å². The Morgan fingerprint density at radius 2 is 1.56 bits per heavy atom. The third kappa shape index (κ3) is 3.77. The van der Waals surface area contributed by atoms with Gasteiger partial charge >= 0.3 is 0 Å². The Bertz CT molecular complexity index is 1380. The molecule has 4 aromatic carbocycles. The molecule has 1 N–H and O–H groups in total. The Hall–Kier alpha value is -4.19. The molecule has 0 aromatic heterocycles. The average molecular weight is 455 g/mol. The van der Waals surface area contributed by atoms with Crippen molar-refractivity contribution in [3.05, 3.63) is 90.0 Å². The van der Waals surface area contributed by atoms with Crippen LogP contribution in [-0.2, 0) is 0 Å². The first-order chi connectivity index (χ1) is 16.6. The van der Waals surface area contributed by atoms with Gasteiger partial charge in [0.25, 0.3) is 0 Å². The fourth-order valence-corrected chi connectivity index (χ4v) is 4.55. The molecule has 172 valence electrons. The number of benzene rings is 4. The summed E-state index contributed by atoms with van der Waals surface area (Å²) in [6.07, 6.45) is 0.605. The minimum absolute atomic E-state index is 0.0688. The van der Waals surface area contributed by atoms with Gasteiger partial charge in [0.05, 0.1) is 38.8 Å². The van der Waals surface area contributed by atoms with E-state index in [2.05, 4.69) is 36.4 Å². The number of ether oxygens (including phenoxy) is 3. The van der Waals surface area contributed by atoms with Crippen molar-refractivity contribution in [1.29, 1.82) is 0 Å².